The van der Waals surface area contributed by atoms with Crippen molar-refractivity contribution < 1.29 is 114 Å². The Bertz CT molecular complexity index is 4560. The fourth-order valence-corrected chi connectivity index (χ4v) is 16.8. The van der Waals surface area contributed by atoms with Gasteiger partial charge in [0.1, 0.15) is 45.0 Å². The van der Waals surface area contributed by atoms with Gasteiger partial charge in [-0.3, -0.25) is 19.9 Å². The SMILES string of the molecule is CC[n+]1c(C=Cc2ccc(N(C)C)cc2)sc2ccccc21.CC[n+]1c(C=Cc2ccc(N(C)C)cc2)sc2ccccc21.CC[n+]1c(C=Cc2ccc(N(C)C)cc2)sc2ccccc21.CC[n+]1c(C=Cc2ccc(N(C)C)cc2)sc2ccccc21.[I-].[I-].[I-].[I-].c1cscn1.c1cscn1.c1cscn1.c1cscn1. The van der Waals surface area contributed by atoms with Crippen molar-refractivity contribution in [2.45, 2.75) is 53.9 Å². The molecule has 0 aliphatic carbocycles. The lowest BCUT2D eigenvalue weighted by Crippen LogP contribution is -3.00. The topological polar surface area (TPSA) is 80.0 Å². The number of para-hydroxylation sites is 4. The number of thiazole rings is 8. The van der Waals surface area contributed by atoms with Crippen LogP contribution in [0.15, 0.2) is 262 Å². The van der Waals surface area contributed by atoms with Gasteiger partial charge in [0, 0.05) is 174 Å². The lowest BCUT2D eigenvalue weighted by atomic mass is 10.2. The van der Waals surface area contributed by atoms with Crippen LogP contribution in [-0.2, 0) is 26.2 Å². The van der Waals surface area contributed by atoms with Gasteiger partial charge in [-0.2, -0.15) is 18.3 Å². The Hall–Kier alpha value is -7.08. The van der Waals surface area contributed by atoms with Gasteiger partial charge in [0.2, 0.25) is 22.1 Å². The van der Waals surface area contributed by atoms with Gasteiger partial charge in [-0.05, 0) is 147 Å². The van der Waals surface area contributed by atoms with Gasteiger partial charge in [-0.25, -0.2) is 0 Å². The van der Waals surface area contributed by atoms with E-state index in [0.29, 0.717) is 0 Å². The lowest BCUT2D eigenvalue weighted by molar-refractivity contribution is -0.665. The van der Waals surface area contributed by atoms with E-state index in [9.17, 15) is 0 Å². The maximum Gasteiger partial charge on any atom is 0.262 e. The summed E-state index contributed by atoms with van der Waals surface area (Å²) in [6, 6.07) is 68.9. The van der Waals surface area contributed by atoms with Crippen molar-refractivity contribution in [1.29, 1.82) is 0 Å². The molecule has 8 heterocycles. The largest absolute Gasteiger partial charge is 1.00 e. The molecule has 584 valence electrons. The Balaban J connectivity index is 0.000000242. The molecule has 24 heteroatoms. The van der Waals surface area contributed by atoms with Crippen LogP contribution in [0, 0.1) is 0 Å². The molecule has 112 heavy (non-hydrogen) atoms. The first kappa shape index (κ1) is 95.5. The van der Waals surface area contributed by atoms with Crippen molar-refractivity contribution in [3.05, 3.63) is 305 Å². The maximum absolute atomic E-state index is 3.74. The second kappa shape index (κ2) is 52.4. The molecule has 0 unspecified atom stereocenters. The van der Waals surface area contributed by atoms with E-state index in [1.165, 1.54) is 106 Å². The summed E-state index contributed by atoms with van der Waals surface area (Å²) in [5, 5.41) is 12.9. The summed E-state index contributed by atoms with van der Waals surface area (Å²) in [5.41, 5.74) is 22.2. The quantitative estimate of drug-likeness (QED) is 0.0700. The molecule has 0 N–H and O–H groups in total. The molecule has 0 fully saturated rings. The first-order valence-corrected chi connectivity index (χ1v) is 42.5. The molecule has 0 radical (unpaired) electrons. The molecule has 0 saturated heterocycles. The molecule has 16 rings (SSSR count). The maximum atomic E-state index is 3.74. The Kier molecular flexibility index (Phi) is 44.7. The zero-order valence-electron chi connectivity index (χ0n) is 65.0. The van der Waals surface area contributed by atoms with Gasteiger partial charge in [0.25, 0.3) is 20.0 Å². The van der Waals surface area contributed by atoms with Gasteiger partial charge in [0.05, 0.1) is 22.0 Å². The number of rotatable bonds is 16. The van der Waals surface area contributed by atoms with Gasteiger partial charge in [-0.1, -0.05) is 142 Å². The highest BCUT2D eigenvalue weighted by atomic mass is 127. The van der Waals surface area contributed by atoms with Crippen molar-refractivity contribution in [2.24, 2.45) is 0 Å². The fourth-order valence-electron chi connectivity index (χ4n) is 10.9. The monoisotopic (exact) mass is 2080 g/mol. The smallest absolute Gasteiger partial charge is 0.262 e. The van der Waals surface area contributed by atoms with Crippen molar-refractivity contribution >= 4 is 203 Å². The predicted molar refractivity (Wildman–Crippen MR) is 478 cm³/mol. The highest BCUT2D eigenvalue weighted by Crippen LogP contribution is 2.27. The van der Waals surface area contributed by atoms with Crippen LogP contribution in [0.3, 0.4) is 0 Å². The Labute approximate surface area is 762 Å². The number of halogens is 4. The highest BCUT2D eigenvalue weighted by Gasteiger charge is 2.20. The number of hydrogen-bond donors (Lipinski definition) is 0. The van der Waals surface area contributed by atoms with E-state index in [2.05, 4.69) is 385 Å². The average molecular weight is 2090 g/mol. The normalized spacial score (nSPS) is 10.4. The Morgan fingerprint density at radius 3 is 0.589 bits per heavy atom. The minimum Gasteiger partial charge on any atom is -1.00 e. The second-order valence-electron chi connectivity index (χ2n) is 24.6. The number of benzene rings is 8. The van der Waals surface area contributed by atoms with Crippen LogP contribution in [0.5, 0.6) is 0 Å². The van der Waals surface area contributed by atoms with Crippen LogP contribution in [0.1, 0.15) is 70.0 Å². The molecule has 0 bridgehead atoms. The Morgan fingerprint density at radius 2 is 0.446 bits per heavy atom. The van der Waals surface area contributed by atoms with Crippen molar-refractivity contribution in [3.8, 4) is 0 Å². The van der Waals surface area contributed by atoms with Crippen LogP contribution in [0.2, 0.25) is 0 Å². The first-order valence-electron chi connectivity index (χ1n) is 35.5. The third-order valence-electron chi connectivity index (χ3n) is 16.5. The van der Waals surface area contributed by atoms with E-state index < -0.39 is 0 Å². The van der Waals surface area contributed by atoms with Crippen LogP contribution in [0.25, 0.3) is 89.5 Å². The summed E-state index contributed by atoms with van der Waals surface area (Å²) < 4.78 is 14.8. The molecule has 0 aliphatic heterocycles. The summed E-state index contributed by atoms with van der Waals surface area (Å²) in [6.45, 7) is 12.7. The van der Waals surface area contributed by atoms with Gasteiger partial charge >= 0.3 is 0 Å². The molecular weight excluding hydrogens is 1990 g/mol. The molecule has 16 aromatic rings. The molecule has 0 saturated carbocycles. The number of hydrogen-bond acceptors (Lipinski definition) is 16. The average Bonchev–Trinajstić information content (AvgIpc) is 1.68. The lowest BCUT2D eigenvalue weighted by Gasteiger charge is -2.11. The summed E-state index contributed by atoms with van der Waals surface area (Å²) in [7, 11) is 16.5. The van der Waals surface area contributed by atoms with Crippen LogP contribution in [0.4, 0.5) is 22.7 Å². The van der Waals surface area contributed by atoms with Gasteiger partial charge in [0.15, 0.2) is 0 Å². The van der Waals surface area contributed by atoms with E-state index >= 15 is 0 Å². The van der Waals surface area contributed by atoms with E-state index in [1.807, 2.05) is 66.9 Å². The van der Waals surface area contributed by atoms with E-state index in [4.69, 9.17) is 0 Å². The van der Waals surface area contributed by atoms with Crippen molar-refractivity contribution in [3.63, 3.8) is 0 Å². The zero-order chi connectivity index (χ0) is 76.2. The van der Waals surface area contributed by atoms with Gasteiger partial charge < -0.3 is 116 Å². The summed E-state index contributed by atoms with van der Waals surface area (Å²) in [4.78, 5) is 23.4. The van der Waals surface area contributed by atoms with Crippen molar-refractivity contribution in [2.75, 3.05) is 76.0 Å². The number of aromatic nitrogens is 8. The van der Waals surface area contributed by atoms with Crippen molar-refractivity contribution in [1.82, 2.24) is 19.9 Å². The molecule has 0 spiro atoms. The summed E-state index contributed by atoms with van der Waals surface area (Å²) >= 11 is 13.8. The second-order valence-corrected chi connectivity index (χ2v) is 31.9. The number of anilines is 4. The van der Waals surface area contributed by atoms with E-state index in [1.54, 1.807) is 92.2 Å². The molecule has 0 amide bonds. The third-order valence-corrected chi connectivity index (χ3v) is 23.1. The summed E-state index contributed by atoms with van der Waals surface area (Å²) in [6.07, 6.45) is 24.7. The fraction of sp³-hybridized carbons (Fsp3) is 0.182. The standard InChI is InChI=1S/4C19H21N2S.4C3H3NS.4HI/c4*1-4-21-17-7-5-6-8-18(17)22-19(21)14-11-15-9-12-16(13-10-15)20(2)3;4*1-2-5-3-4-1;;;;/h4*5-14H,4H2,1-3H3;4*1-3H;4*1H/q4*+1;;;;;;;;/p-4. The first-order chi connectivity index (χ1) is 52.7. The number of fused-ring (bicyclic) bond motifs is 4. The molecule has 8 aromatic heterocycles. The highest BCUT2D eigenvalue weighted by molar-refractivity contribution is 7.20. The zero-order valence-corrected chi connectivity index (χ0v) is 80.2. The van der Waals surface area contributed by atoms with Gasteiger partial charge in [-0.15, -0.1) is 45.3 Å². The van der Waals surface area contributed by atoms with E-state index in [0.717, 1.165) is 26.2 Å². The molecule has 12 nitrogen and oxygen atoms in total. The minimum atomic E-state index is 0. The van der Waals surface area contributed by atoms with E-state index in [-0.39, 0.29) is 95.9 Å². The molecule has 0 aliphatic rings. The molecule has 8 aromatic carbocycles. The van der Waals surface area contributed by atoms with Crippen LogP contribution >= 0.6 is 90.7 Å². The minimum absolute atomic E-state index is 0. The van der Waals surface area contributed by atoms with Crippen LogP contribution < -0.4 is 134 Å². The third kappa shape index (κ3) is 30.0. The summed E-state index contributed by atoms with van der Waals surface area (Å²) in [5.74, 6) is 0. The predicted octanol–water partition coefficient (Wildman–Crippen LogP) is 10.4. The Morgan fingerprint density at radius 1 is 0.259 bits per heavy atom. The molecule has 0 atom stereocenters. The van der Waals surface area contributed by atoms with Crippen LogP contribution in [-0.4, -0.2) is 76.3 Å². The number of nitrogens with zero attached hydrogens (tertiary/aromatic N) is 12. The molecular formula is C88H96I4N12S8. The number of aryl methyl sites for hydroxylation is 4.